The van der Waals surface area contributed by atoms with Crippen molar-refractivity contribution in [2.24, 2.45) is 0 Å². The predicted octanol–water partition coefficient (Wildman–Crippen LogP) is 3.02. The van der Waals surface area contributed by atoms with Crippen LogP contribution in [0.3, 0.4) is 0 Å². The van der Waals surface area contributed by atoms with Gasteiger partial charge in [0.1, 0.15) is 17.0 Å². The number of piperidine rings is 1. The lowest BCUT2D eigenvalue weighted by atomic mass is 10.1. The monoisotopic (exact) mass is 262 g/mol. The van der Waals surface area contributed by atoms with Crippen LogP contribution in [0.4, 0.5) is 0 Å². The normalized spacial score (nSPS) is 16.9. The molecule has 0 atom stereocenters. The Morgan fingerprint density at radius 1 is 1.17 bits per heavy atom. The van der Waals surface area contributed by atoms with Crippen molar-refractivity contribution in [2.45, 2.75) is 18.9 Å². The molecule has 1 N–H and O–H groups in total. The summed E-state index contributed by atoms with van der Waals surface area (Å²) in [6.07, 6.45) is 2.40. The first-order chi connectivity index (χ1) is 8.83. The number of nitrogens with zero attached hydrogens (tertiary/aromatic N) is 1. The molecule has 1 aromatic heterocycles. The van der Waals surface area contributed by atoms with Gasteiger partial charge in [0, 0.05) is 5.39 Å². The maximum Gasteiger partial charge on any atom is 0.129 e. The zero-order valence-electron chi connectivity index (χ0n) is 10.0. The van der Waals surface area contributed by atoms with Crippen LogP contribution < -0.4 is 10.1 Å². The summed E-state index contributed by atoms with van der Waals surface area (Å²) in [5.41, 5.74) is 0.883. The summed E-state index contributed by atoms with van der Waals surface area (Å²) in [5, 5.41) is 4.88. The summed E-state index contributed by atoms with van der Waals surface area (Å²) >= 11 is 5.90. The van der Waals surface area contributed by atoms with Crippen LogP contribution >= 0.6 is 11.6 Å². The number of rotatable bonds is 2. The number of halogens is 1. The van der Waals surface area contributed by atoms with E-state index in [1.165, 1.54) is 0 Å². The molecule has 2 aromatic rings. The van der Waals surface area contributed by atoms with E-state index in [0.29, 0.717) is 11.3 Å². The van der Waals surface area contributed by atoms with Crippen molar-refractivity contribution < 1.29 is 4.74 Å². The van der Waals surface area contributed by atoms with Gasteiger partial charge in [0.15, 0.2) is 0 Å². The fourth-order valence-electron chi connectivity index (χ4n) is 2.30. The minimum absolute atomic E-state index is 0.299. The number of hydrogen-bond acceptors (Lipinski definition) is 3. The predicted molar refractivity (Wildman–Crippen MR) is 73.3 cm³/mol. The van der Waals surface area contributed by atoms with Gasteiger partial charge >= 0.3 is 0 Å². The van der Waals surface area contributed by atoms with Crippen molar-refractivity contribution in [3.63, 3.8) is 0 Å². The molecule has 0 bridgehead atoms. The molecule has 1 saturated heterocycles. The third kappa shape index (κ3) is 2.42. The quantitative estimate of drug-likeness (QED) is 0.845. The Hall–Kier alpha value is -1.32. The summed E-state index contributed by atoms with van der Waals surface area (Å²) in [6, 6.07) is 9.69. The molecule has 0 saturated carbocycles. The maximum atomic E-state index is 6.09. The van der Waals surface area contributed by atoms with E-state index in [4.69, 9.17) is 16.3 Å². The molecule has 0 radical (unpaired) electrons. The molecule has 1 aliphatic heterocycles. The number of fused-ring (bicyclic) bond motifs is 1. The van der Waals surface area contributed by atoms with Crippen LogP contribution in [-0.4, -0.2) is 24.2 Å². The lowest BCUT2D eigenvalue weighted by molar-refractivity contribution is 0.164. The summed E-state index contributed by atoms with van der Waals surface area (Å²) < 4.78 is 6.09. The second kappa shape index (κ2) is 5.12. The van der Waals surface area contributed by atoms with Gasteiger partial charge in [-0.3, -0.25) is 0 Å². The molecular weight excluding hydrogens is 248 g/mol. The summed E-state index contributed by atoms with van der Waals surface area (Å²) in [4.78, 5) is 4.30. The lowest BCUT2D eigenvalue weighted by Crippen LogP contribution is -2.34. The minimum Gasteiger partial charge on any atom is -0.490 e. The van der Waals surface area contributed by atoms with Gasteiger partial charge in [0.25, 0.3) is 0 Å². The highest BCUT2D eigenvalue weighted by Gasteiger charge is 2.15. The number of ether oxygens (including phenoxy) is 1. The summed E-state index contributed by atoms with van der Waals surface area (Å²) in [6.45, 7) is 2.05. The van der Waals surface area contributed by atoms with Gasteiger partial charge < -0.3 is 10.1 Å². The summed E-state index contributed by atoms with van der Waals surface area (Å²) in [7, 11) is 0. The van der Waals surface area contributed by atoms with E-state index in [1.54, 1.807) is 6.07 Å². The average Bonchev–Trinajstić information content (AvgIpc) is 2.40. The minimum atomic E-state index is 0.299. The van der Waals surface area contributed by atoms with Crippen LogP contribution in [0.25, 0.3) is 10.9 Å². The SMILES string of the molecule is Clc1ccc2c(OC3CCNCC3)cccc2n1. The molecule has 2 heterocycles. The van der Waals surface area contributed by atoms with E-state index >= 15 is 0 Å². The van der Waals surface area contributed by atoms with Gasteiger partial charge in [-0.1, -0.05) is 17.7 Å². The largest absolute Gasteiger partial charge is 0.490 e. The van der Waals surface area contributed by atoms with Gasteiger partial charge in [0.05, 0.1) is 5.52 Å². The Balaban J connectivity index is 1.91. The van der Waals surface area contributed by atoms with Crippen LogP contribution in [-0.2, 0) is 0 Å². The molecule has 1 aliphatic rings. The van der Waals surface area contributed by atoms with Gasteiger partial charge in [-0.05, 0) is 50.2 Å². The van der Waals surface area contributed by atoms with Crippen molar-refractivity contribution in [3.8, 4) is 5.75 Å². The zero-order chi connectivity index (χ0) is 12.4. The highest BCUT2D eigenvalue weighted by atomic mass is 35.5. The smallest absolute Gasteiger partial charge is 0.129 e. The Morgan fingerprint density at radius 3 is 2.83 bits per heavy atom. The number of benzene rings is 1. The van der Waals surface area contributed by atoms with Gasteiger partial charge in [-0.25, -0.2) is 4.98 Å². The van der Waals surface area contributed by atoms with Gasteiger partial charge in [-0.15, -0.1) is 0 Å². The highest BCUT2D eigenvalue weighted by molar-refractivity contribution is 6.29. The van der Waals surface area contributed by atoms with E-state index in [9.17, 15) is 0 Å². The van der Waals surface area contributed by atoms with E-state index in [0.717, 1.165) is 42.6 Å². The fourth-order valence-corrected chi connectivity index (χ4v) is 2.45. The highest BCUT2D eigenvalue weighted by Crippen LogP contribution is 2.27. The molecule has 0 unspecified atom stereocenters. The van der Waals surface area contributed by atoms with Crippen LogP contribution in [0.5, 0.6) is 5.75 Å². The molecule has 1 aromatic carbocycles. The van der Waals surface area contributed by atoms with Crippen molar-refractivity contribution >= 4 is 22.5 Å². The third-order valence-corrected chi connectivity index (χ3v) is 3.45. The number of hydrogen-bond donors (Lipinski definition) is 1. The molecular formula is C14H15ClN2O. The van der Waals surface area contributed by atoms with Gasteiger partial charge in [0.2, 0.25) is 0 Å². The van der Waals surface area contributed by atoms with E-state index in [-0.39, 0.29) is 0 Å². The van der Waals surface area contributed by atoms with Crippen LogP contribution in [0.1, 0.15) is 12.8 Å². The molecule has 94 valence electrons. The molecule has 3 nitrogen and oxygen atoms in total. The van der Waals surface area contributed by atoms with E-state index in [1.807, 2.05) is 24.3 Å². The average molecular weight is 263 g/mol. The Labute approximate surface area is 111 Å². The van der Waals surface area contributed by atoms with Crippen LogP contribution in [0, 0.1) is 0 Å². The number of aromatic nitrogens is 1. The second-order valence-electron chi connectivity index (χ2n) is 4.52. The molecule has 0 spiro atoms. The van der Waals surface area contributed by atoms with Crippen molar-refractivity contribution in [2.75, 3.05) is 13.1 Å². The summed E-state index contributed by atoms with van der Waals surface area (Å²) in [5.74, 6) is 0.906. The van der Waals surface area contributed by atoms with Gasteiger partial charge in [-0.2, -0.15) is 0 Å². The van der Waals surface area contributed by atoms with Crippen LogP contribution in [0.15, 0.2) is 30.3 Å². The first kappa shape index (κ1) is 11.8. The zero-order valence-corrected chi connectivity index (χ0v) is 10.8. The van der Waals surface area contributed by atoms with Crippen molar-refractivity contribution in [3.05, 3.63) is 35.5 Å². The first-order valence-corrected chi connectivity index (χ1v) is 6.63. The Morgan fingerprint density at radius 2 is 2.00 bits per heavy atom. The molecule has 1 fully saturated rings. The Bertz CT molecular complexity index is 552. The molecule has 0 amide bonds. The lowest BCUT2D eigenvalue weighted by Gasteiger charge is -2.24. The maximum absolute atomic E-state index is 6.09. The Kier molecular flexibility index (Phi) is 3.35. The molecule has 3 rings (SSSR count). The third-order valence-electron chi connectivity index (χ3n) is 3.24. The topological polar surface area (TPSA) is 34.1 Å². The number of nitrogens with one attached hydrogen (secondary N) is 1. The standard InChI is InChI=1S/C14H15ClN2O/c15-14-5-4-11-12(17-14)2-1-3-13(11)18-10-6-8-16-9-7-10/h1-5,10,16H,6-9H2. The van der Waals surface area contributed by atoms with Crippen molar-refractivity contribution in [1.29, 1.82) is 0 Å². The number of pyridine rings is 1. The van der Waals surface area contributed by atoms with E-state index in [2.05, 4.69) is 10.3 Å². The molecule has 18 heavy (non-hydrogen) atoms. The van der Waals surface area contributed by atoms with Crippen molar-refractivity contribution in [1.82, 2.24) is 10.3 Å². The fraction of sp³-hybridized carbons (Fsp3) is 0.357. The van der Waals surface area contributed by atoms with E-state index < -0.39 is 0 Å². The second-order valence-corrected chi connectivity index (χ2v) is 4.91. The van der Waals surface area contributed by atoms with Crippen LogP contribution in [0.2, 0.25) is 5.15 Å². The first-order valence-electron chi connectivity index (χ1n) is 6.25. The molecule has 4 heteroatoms. The molecule has 0 aliphatic carbocycles.